The number of nitriles is 1. The van der Waals surface area contributed by atoms with Gasteiger partial charge in [-0.05, 0) is 66.0 Å². The predicted octanol–water partition coefficient (Wildman–Crippen LogP) is 5.14. The predicted molar refractivity (Wildman–Crippen MR) is 103 cm³/mol. The van der Waals surface area contributed by atoms with Crippen molar-refractivity contribution in [3.05, 3.63) is 23.4 Å². The van der Waals surface area contributed by atoms with E-state index in [-0.39, 0.29) is 11.7 Å². The normalized spacial score (nSPS) is 12.7. The number of nitrogens with zero attached hydrogens (tertiary/aromatic N) is 3. The van der Waals surface area contributed by atoms with Gasteiger partial charge in [-0.1, -0.05) is 13.8 Å². The molecule has 0 radical (unpaired) electrons. The quantitative estimate of drug-likeness (QED) is 0.726. The summed E-state index contributed by atoms with van der Waals surface area (Å²) >= 11 is 0. The highest BCUT2D eigenvalue weighted by atomic mass is 16.6. The average molecular weight is 375 g/mol. The van der Waals surface area contributed by atoms with Gasteiger partial charge in [0, 0.05) is 0 Å². The summed E-state index contributed by atoms with van der Waals surface area (Å²) in [6.45, 7) is 14.1. The van der Waals surface area contributed by atoms with E-state index in [0.29, 0.717) is 11.3 Å². The maximum Gasteiger partial charge on any atom is 0.425 e. The minimum atomic E-state index is -0.885. The van der Waals surface area contributed by atoms with Crippen molar-refractivity contribution in [1.82, 2.24) is 4.98 Å². The molecule has 1 aromatic rings. The monoisotopic (exact) mass is 375 g/mol. The first kappa shape index (κ1) is 22.4. The highest BCUT2D eigenvalue weighted by Crippen LogP contribution is 2.26. The molecule has 1 rings (SSSR count). The van der Waals surface area contributed by atoms with E-state index < -0.39 is 23.4 Å². The van der Waals surface area contributed by atoms with Crippen molar-refractivity contribution in [3.63, 3.8) is 0 Å². The van der Waals surface area contributed by atoms with Gasteiger partial charge in [0.2, 0.25) is 0 Å². The number of aromatic nitrogens is 1. The van der Waals surface area contributed by atoms with Crippen LogP contribution in [0.25, 0.3) is 0 Å². The third-order valence-corrected chi connectivity index (χ3v) is 3.49. The Morgan fingerprint density at radius 3 is 1.96 bits per heavy atom. The van der Waals surface area contributed by atoms with Crippen LogP contribution in [0.5, 0.6) is 0 Å². The second kappa shape index (κ2) is 8.38. The van der Waals surface area contributed by atoms with Crippen molar-refractivity contribution < 1.29 is 19.1 Å². The molecule has 0 aliphatic rings. The second-order valence-electron chi connectivity index (χ2n) is 8.32. The molecule has 0 bridgehead atoms. The minimum absolute atomic E-state index is 0.0151. The summed E-state index contributed by atoms with van der Waals surface area (Å²) in [5.74, 6) is 0.0477. The zero-order valence-electron chi connectivity index (χ0n) is 17.4. The lowest BCUT2D eigenvalue weighted by atomic mass is 10.00. The number of rotatable bonds is 3. The van der Waals surface area contributed by atoms with Crippen LogP contribution in [0.4, 0.5) is 15.4 Å². The van der Waals surface area contributed by atoms with Crippen molar-refractivity contribution in [1.29, 1.82) is 5.26 Å². The van der Waals surface area contributed by atoms with Gasteiger partial charge in [0.1, 0.15) is 23.1 Å². The summed E-state index contributed by atoms with van der Waals surface area (Å²) in [6.07, 6.45) is -1.02. The molecule has 0 fully saturated rings. The Morgan fingerprint density at radius 1 is 1.11 bits per heavy atom. The number of amides is 2. The molecule has 0 aliphatic carbocycles. The lowest BCUT2D eigenvalue weighted by Gasteiger charge is -2.28. The molecule has 0 saturated heterocycles. The Kier molecular flexibility index (Phi) is 6.96. The second-order valence-corrected chi connectivity index (χ2v) is 8.32. The van der Waals surface area contributed by atoms with Gasteiger partial charge in [-0.25, -0.2) is 14.6 Å². The summed E-state index contributed by atoms with van der Waals surface area (Å²) in [5, 5.41) is 9.33. The van der Waals surface area contributed by atoms with Crippen LogP contribution in [0.3, 0.4) is 0 Å². The van der Waals surface area contributed by atoms with E-state index in [1.54, 1.807) is 47.6 Å². The number of hydrogen-bond acceptors (Lipinski definition) is 6. The number of carbonyl (C=O) groups excluding carboxylic acids is 2. The number of pyridine rings is 1. The van der Waals surface area contributed by atoms with Crippen LogP contribution in [-0.4, -0.2) is 28.4 Å². The third-order valence-electron chi connectivity index (χ3n) is 3.49. The van der Waals surface area contributed by atoms with Gasteiger partial charge in [0.15, 0.2) is 0 Å². The molecule has 7 heteroatoms. The maximum absolute atomic E-state index is 12.7. The molecule has 0 aliphatic heterocycles. The largest absolute Gasteiger partial charge is 0.443 e. The van der Waals surface area contributed by atoms with E-state index in [4.69, 9.17) is 9.47 Å². The molecule has 0 aromatic carbocycles. The van der Waals surface area contributed by atoms with Crippen molar-refractivity contribution in [2.24, 2.45) is 0 Å². The molecule has 27 heavy (non-hydrogen) atoms. The van der Waals surface area contributed by atoms with Crippen LogP contribution in [0.2, 0.25) is 0 Å². The average Bonchev–Trinajstić information content (AvgIpc) is 2.50. The van der Waals surface area contributed by atoms with Crippen LogP contribution < -0.4 is 4.90 Å². The maximum atomic E-state index is 12.7. The molecule has 1 aromatic heterocycles. The number of anilines is 1. The van der Waals surface area contributed by atoms with E-state index in [2.05, 4.69) is 11.1 Å². The Bertz CT molecular complexity index is 711. The molecule has 7 nitrogen and oxygen atoms in total. The summed E-state index contributed by atoms with van der Waals surface area (Å²) in [5.41, 5.74) is -0.677. The molecule has 1 unspecified atom stereocenters. The smallest absolute Gasteiger partial charge is 0.425 e. The molecular weight excluding hydrogens is 346 g/mol. The standard InChI is InChI=1S/C20H29N3O4/c1-9-13(2)16-14(12-21)10-11-15(22-16)23(17(24)26-19(3,4)5)18(25)27-20(6,7)8/h10-11,13H,9H2,1-8H3. The van der Waals surface area contributed by atoms with Crippen LogP contribution in [0.1, 0.15) is 79.0 Å². The zero-order valence-corrected chi connectivity index (χ0v) is 17.4. The van der Waals surface area contributed by atoms with Crippen LogP contribution in [-0.2, 0) is 9.47 Å². The first-order chi connectivity index (χ1) is 12.3. The molecule has 1 atom stereocenters. The van der Waals surface area contributed by atoms with Crippen molar-refractivity contribution in [2.75, 3.05) is 4.90 Å². The van der Waals surface area contributed by atoms with Gasteiger partial charge in [0.25, 0.3) is 0 Å². The topological polar surface area (TPSA) is 92.5 Å². The minimum Gasteiger partial charge on any atom is -0.443 e. The van der Waals surface area contributed by atoms with Gasteiger partial charge < -0.3 is 9.47 Å². The lowest BCUT2D eigenvalue weighted by Crippen LogP contribution is -2.44. The lowest BCUT2D eigenvalue weighted by molar-refractivity contribution is 0.0429. The fraction of sp³-hybridized carbons (Fsp3) is 0.600. The van der Waals surface area contributed by atoms with E-state index in [1.807, 2.05) is 13.8 Å². The number of carbonyl (C=O) groups is 2. The van der Waals surface area contributed by atoms with E-state index in [9.17, 15) is 14.9 Å². The molecule has 148 valence electrons. The van der Waals surface area contributed by atoms with Crippen molar-refractivity contribution in [2.45, 2.75) is 78.9 Å². The molecule has 0 saturated carbocycles. The molecule has 0 spiro atoms. The van der Waals surface area contributed by atoms with Gasteiger partial charge >= 0.3 is 12.2 Å². The summed E-state index contributed by atoms with van der Waals surface area (Å²) in [4.78, 5) is 30.6. The number of imide groups is 1. The van der Waals surface area contributed by atoms with Crippen LogP contribution in [0, 0.1) is 11.3 Å². The Balaban J connectivity index is 3.44. The van der Waals surface area contributed by atoms with E-state index in [0.717, 1.165) is 11.3 Å². The molecule has 2 amide bonds. The van der Waals surface area contributed by atoms with Gasteiger partial charge in [0.05, 0.1) is 11.3 Å². The first-order valence-electron chi connectivity index (χ1n) is 8.96. The zero-order chi connectivity index (χ0) is 21.0. The Hall–Kier alpha value is -2.62. The Morgan fingerprint density at radius 2 is 1.59 bits per heavy atom. The SMILES string of the molecule is CCC(C)c1nc(N(C(=O)OC(C)(C)C)C(=O)OC(C)(C)C)ccc1C#N. The fourth-order valence-electron chi connectivity index (χ4n) is 2.13. The Labute approximate surface area is 161 Å². The molecule has 0 N–H and O–H groups in total. The van der Waals surface area contributed by atoms with Crippen LogP contribution in [0.15, 0.2) is 12.1 Å². The van der Waals surface area contributed by atoms with Gasteiger partial charge in [-0.3, -0.25) is 0 Å². The van der Waals surface area contributed by atoms with Crippen molar-refractivity contribution in [3.8, 4) is 6.07 Å². The van der Waals surface area contributed by atoms with Gasteiger partial charge in [-0.2, -0.15) is 10.2 Å². The summed E-state index contributed by atoms with van der Waals surface area (Å²) < 4.78 is 10.7. The first-order valence-corrected chi connectivity index (χ1v) is 8.96. The highest BCUT2D eigenvalue weighted by molar-refractivity contribution is 6.08. The summed E-state index contributed by atoms with van der Waals surface area (Å²) in [7, 11) is 0. The number of hydrogen-bond donors (Lipinski definition) is 0. The van der Waals surface area contributed by atoms with Crippen LogP contribution >= 0.6 is 0 Å². The fourth-order valence-corrected chi connectivity index (χ4v) is 2.13. The van der Waals surface area contributed by atoms with Gasteiger partial charge in [-0.15, -0.1) is 0 Å². The van der Waals surface area contributed by atoms with E-state index >= 15 is 0 Å². The van der Waals surface area contributed by atoms with Crippen molar-refractivity contribution >= 4 is 18.0 Å². The molecular formula is C20H29N3O4. The highest BCUT2D eigenvalue weighted by Gasteiger charge is 2.34. The van der Waals surface area contributed by atoms with E-state index in [1.165, 1.54) is 6.07 Å². The molecule has 1 heterocycles. The number of ether oxygens (including phenoxy) is 2. The summed E-state index contributed by atoms with van der Waals surface area (Å²) in [6, 6.07) is 5.09. The third kappa shape index (κ3) is 6.55.